The van der Waals surface area contributed by atoms with Gasteiger partial charge < -0.3 is 14.6 Å². The second-order valence-electron chi connectivity index (χ2n) is 5.05. The molecule has 1 aliphatic heterocycles. The van der Waals surface area contributed by atoms with Gasteiger partial charge in [0.25, 0.3) is 5.56 Å². The Labute approximate surface area is 111 Å². The van der Waals surface area contributed by atoms with E-state index in [2.05, 4.69) is 4.98 Å². The average Bonchev–Trinajstić information content (AvgIpc) is 2.40. The highest BCUT2D eigenvalue weighted by Crippen LogP contribution is 2.22. The molecule has 0 aliphatic carbocycles. The summed E-state index contributed by atoms with van der Waals surface area (Å²) in [4.78, 5) is 28.8. The monoisotopic (exact) mass is 265 g/mol. The molecule has 104 valence electrons. The number of aryl methyl sites for hydroxylation is 1. The number of hydrogen-bond donors (Lipinski definition) is 1. The molecule has 1 saturated heterocycles. The first-order valence-electron chi connectivity index (χ1n) is 6.56. The maximum absolute atomic E-state index is 12.0. The second kappa shape index (κ2) is 5.86. The molecule has 1 aromatic heterocycles. The Bertz CT molecular complexity index is 512. The number of nitrogens with zero attached hydrogens (tertiary/aromatic N) is 3. The van der Waals surface area contributed by atoms with Crippen molar-refractivity contribution >= 4 is 11.8 Å². The van der Waals surface area contributed by atoms with Gasteiger partial charge >= 0.3 is 5.97 Å². The first-order chi connectivity index (χ1) is 9.08. The Morgan fingerprint density at radius 2 is 2.37 bits per heavy atom. The largest absolute Gasteiger partial charge is 0.481 e. The minimum atomic E-state index is -0.758. The van der Waals surface area contributed by atoms with Gasteiger partial charge in [-0.3, -0.25) is 9.59 Å². The molecule has 1 atom stereocenters. The number of carboxylic acids is 1. The van der Waals surface area contributed by atoms with Crippen LogP contribution in [-0.2, 0) is 11.8 Å². The van der Waals surface area contributed by atoms with E-state index in [4.69, 9.17) is 5.11 Å². The Morgan fingerprint density at radius 1 is 1.58 bits per heavy atom. The van der Waals surface area contributed by atoms with Crippen molar-refractivity contribution in [1.29, 1.82) is 0 Å². The summed E-state index contributed by atoms with van der Waals surface area (Å²) in [5.74, 6) is 0.0486. The lowest BCUT2D eigenvalue weighted by molar-refractivity contribution is -0.137. The van der Waals surface area contributed by atoms with Crippen LogP contribution in [0.5, 0.6) is 0 Å². The van der Waals surface area contributed by atoms with Crippen molar-refractivity contribution in [2.75, 3.05) is 18.0 Å². The van der Waals surface area contributed by atoms with E-state index < -0.39 is 5.97 Å². The van der Waals surface area contributed by atoms with E-state index in [1.54, 1.807) is 19.4 Å². The zero-order valence-corrected chi connectivity index (χ0v) is 11.1. The highest BCUT2D eigenvalue weighted by Gasteiger charge is 2.23. The third-order valence-corrected chi connectivity index (χ3v) is 3.58. The van der Waals surface area contributed by atoms with Crippen LogP contribution in [0.1, 0.15) is 25.7 Å². The van der Waals surface area contributed by atoms with Gasteiger partial charge in [0.2, 0.25) is 0 Å². The Morgan fingerprint density at radius 3 is 3.11 bits per heavy atom. The Balaban J connectivity index is 2.06. The fourth-order valence-electron chi connectivity index (χ4n) is 2.52. The van der Waals surface area contributed by atoms with Gasteiger partial charge in [0.15, 0.2) is 5.82 Å². The van der Waals surface area contributed by atoms with E-state index >= 15 is 0 Å². The van der Waals surface area contributed by atoms with Crippen molar-refractivity contribution in [3.63, 3.8) is 0 Å². The van der Waals surface area contributed by atoms with Crippen LogP contribution in [0.3, 0.4) is 0 Å². The summed E-state index contributed by atoms with van der Waals surface area (Å²) < 4.78 is 1.52. The van der Waals surface area contributed by atoms with Crippen molar-refractivity contribution in [2.45, 2.75) is 25.7 Å². The van der Waals surface area contributed by atoms with E-state index in [-0.39, 0.29) is 12.0 Å². The molecule has 1 fully saturated rings. The molecule has 0 radical (unpaired) electrons. The van der Waals surface area contributed by atoms with E-state index in [0.717, 1.165) is 25.9 Å². The molecule has 0 amide bonds. The van der Waals surface area contributed by atoms with Crippen LogP contribution in [0.4, 0.5) is 5.82 Å². The quantitative estimate of drug-likeness (QED) is 0.874. The van der Waals surface area contributed by atoms with Crippen LogP contribution in [-0.4, -0.2) is 33.7 Å². The SMILES string of the molecule is Cn1ccnc(N2CCCC(CCC(=O)O)C2)c1=O. The second-order valence-corrected chi connectivity index (χ2v) is 5.05. The van der Waals surface area contributed by atoms with Crippen molar-refractivity contribution in [2.24, 2.45) is 13.0 Å². The average molecular weight is 265 g/mol. The van der Waals surface area contributed by atoms with E-state index in [0.29, 0.717) is 18.2 Å². The molecule has 1 unspecified atom stereocenters. The molecule has 19 heavy (non-hydrogen) atoms. The number of carboxylic acid groups (broad SMARTS) is 1. The fraction of sp³-hybridized carbons (Fsp3) is 0.615. The Kier molecular flexibility index (Phi) is 4.19. The van der Waals surface area contributed by atoms with Crippen LogP contribution in [0.15, 0.2) is 17.2 Å². The number of aliphatic carboxylic acids is 1. The van der Waals surface area contributed by atoms with Gasteiger partial charge in [0.05, 0.1) is 0 Å². The molecular weight excluding hydrogens is 246 g/mol. The lowest BCUT2D eigenvalue weighted by Crippen LogP contribution is -2.40. The van der Waals surface area contributed by atoms with Gasteiger partial charge in [0.1, 0.15) is 0 Å². The summed E-state index contributed by atoms with van der Waals surface area (Å²) in [7, 11) is 1.71. The third-order valence-electron chi connectivity index (χ3n) is 3.58. The standard InChI is InChI=1S/C13H19N3O3/c1-15-8-6-14-12(13(15)19)16-7-2-3-10(9-16)4-5-11(17)18/h6,8,10H,2-5,7,9H2,1H3,(H,17,18). The van der Waals surface area contributed by atoms with Gasteiger partial charge in [-0.1, -0.05) is 0 Å². The summed E-state index contributed by atoms with van der Waals surface area (Å²) in [6, 6.07) is 0. The Hall–Kier alpha value is -1.85. The minimum Gasteiger partial charge on any atom is -0.481 e. The van der Waals surface area contributed by atoms with Crippen molar-refractivity contribution in [3.8, 4) is 0 Å². The molecule has 2 heterocycles. The van der Waals surface area contributed by atoms with Crippen molar-refractivity contribution in [1.82, 2.24) is 9.55 Å². The number of anilines is 1. The predicted molar refractivity (Wildman–Crippen MR) is 71.3 cm³/mol. The maximum Gasteiger partial charge on any atom is 0.303 e. The molecule has 0 aromatic carbocycles. The van der Waals surface area contributed by atoms with Gasteiger partial charge in [-0.2, -0.15) is 0 Å². The summed E-state index contributed by atoms with van der Waals surface area (Å²) in [5, 5.41) is 8.73. The number of rotatable bonds is 4. The molecule has 0 spiro atoms. The van der Waals surface area contributed by atoms with Crippen LogP contribution in [0, 0.1) is 5.92 Å². The molecule has 1 aliphatic rings. The van der Waals surface area contributed by atoms with E-state index in [9.17, 15) is 9.59 Å². The van der Waals surface area contributed by atoms with Crippen molar-refractivity contribution in [3.05, 3.63) is 22.7 Å². The summed E-state index contributed by atoms with van der Waals surface area (Å²) in [5.41, 5.74) is -0.0959. The maximum atomic E-state index is 12.0. The zero-order chi connectivity index (χ0) is 13.8. The molecule has 6 nitrogen and oxygen atoms in total. The van der Waals surface area contributed by atoms with E-state index in [1.165, 1.54) is 4.57 Å². The number of piperidine rings is 1. The molecule has 1 N–H and O–H groups in total. The molecule has 2 rings (SSSR count). The molecule has 1 aromatic rings. The fourth-order valence-corrected chi connectivity index (χ4v) is 2.52. The lowest BCUT2D eigenvalue weighted by Gasteiger charge is -2.33. The third kappa shape index (κ3) is 3.33. The predicted octanol–water partition coefficient (Wildman–Crippen LogP) is 0.862. The summed E-state index contributed by atoms with van der Waals surface area (Å²) >= 11 is 0. The van der Waals surface area contributed by atoms with Crippen molar-refractivity contribution < 1.29 is 9.90 Å². The lowest BCUT2D eigenvalue weighted by atomic mass is 9.93. The topological polar surface area (TPSA) is 75.4 Å². The molecule has 0 bridgehead atoms. The van der Waals surface area contributed by atoms with Gasteiger partial charge in [0, 0.05) is 39.0 Å². The zero-order valence-electron chi connectivity index (χ0n) is 11.1. The molecular formula is C13H19N3O3. The van der Waals surface area contributed by atoms with Crippen LogP contribution in [0.25, 0.3) is 0 Å². The first kappa shape index (κ1) is 13.6. The summed E-state index contributed by atoms with van der Waals surface area (Å²) in [6.07, 6.45) is 6.12. The highest BCUT2D eigenvalue weighted by molar-refractivity contribution is 5.66. The first-order valence-corrected chi connectivity index (χ1v) is 6.56. The molecule has 6 heteroatoms. The minimum absolute atomic E-state index is 0.0959. The van der Waals surface area contributed by atoms with Gasteiger partial charge in [-0.25, -0.2) is 4.98 Å². The normalized spacial score (nSPS) is 19.4. The van der Waals surface area contributed by atoms with Gasteiger partial charge in [-0.05, 0) is 25.2 Å². The van der Waals surface area contributed by atoms with E-state index in [1.807, 2.05) is 4.90 Å². The van der Waals surface area contributed by atoms with Crippen LogP contribution >= 0.6 is 0 Å². The number of carbonyl (C=O) groups is 1. The smallest absolute Gasteiger partial charge is 0.303 e. The summed E-state index contributed by atoms with van der Waals surface area (Å²) in [6.45, 7) is 1.54. The number of aromatic nitrogens is 2. The van der Waals surface area contributed by atoms with Crippen LogP contribution in [0.2, 0.25) is 0 Å². The van der Waals surface area contributed by atoms with Crippen LogP contribution < -0.4 is 10.5 Å². The molecule has 0 saturated carbocycles. The number of hydrogen-bond acceptors (Lipinski definition) is 4. The highest BCUT2D eigenvalue weighted by atomic mass is 16.4. The van der Waals surface area contributed by atoms with Gasteiger partial charge in [-0.15, -0.1) is 0 Å².